The van der Waals surface area contributed by atoms with Gasteiger partial charge in [-0.05, 0) is 37.5 Å². The molecule has 0 radical (unpaired) electrons. The Kier molecular flexibility index (Phi) is 4.79. The van der Waals surface area contributed by atoms with Gasteiger partial charge in [-0.15, -0.1) is 5.10 Å². The Hall–Kier alpha value is -2.55. The topological polar surface area (TPSA) is 82.6 Å². The largest absolute Gasteiger partial charge is 0.350 e. The molecule has 1 aliphatic rings. The molecule has 0 aliphatic carbocycles. The number of nitrogens with zero attached hydrogens (tertiary/aromatic N) is 5. The van der Waals surface area contributed by atoms with Crippen molar-refractivity contribution in [1.29, 1.82) is 0 Å². The van der Waals surface area contributed by atoms with Gasteiger partial charge < -0.3 is 10.2 Å². The van der Waals surface area contributed by atoms with E-state index in [0.717, 1.165) is 48.3 Å². The van der Waals surface area contributed by atoms with Gasteiger partial charge in [-0.25, -0.2) is 9.37 Å². The molecule has 0 atom stereocenters. The lowest BCUT2D eigenvalue weighted by Crippen LogP contribution is -2.39. The molecule has 136 valence electrons. The molecule has 1 saturated heterocycles. The summed E-state index contributed by atoms with van der Waals surface area (Å²) in [5.74, 6) is 1.98. The van der Waals surface area contributed by atoms with Crippen LogP contribution in [0.1, 0.15) is 30.1 Å². The second-order valence-electron chi connectivity index (χ2n) is 6.44. The lowest BCUT2D eigenvalue weighted by atomic mass is 10.1. The van der Waals surface area contributed by atoms with Gasteiger partial charge in [0.25, 0.3) is 0 Å². The molecule has 4 rings (SSSR count). The zero-order chi connectivity index (χ0) is 17.9. The molecule has 9 heteroatoms. The van der Waals surface area contributed by atoms with Gasteiger partial charge in [0.1, 0.15) is 17.5 Å². The van der Waals surface area contributed by atoms with Gasteiger partial charge in [0.05, 0.1) is 0 Å². The quantitative estimate of drug-likeness (QED) is 0.716. The first-order valence-corrected chi connectivity index (χ1v) is 9.40. The Morgan fingerprint density at radius 2 is 2.00 bits per heavy atom. The Bertz CT molecular complexity index is 852. The number of hydrogen-bond donors (Lipinski definition) is 2. The summed E-state index contributed by atoms with van der Waals surface area (Å²) in [4.78, 5) is 11.2. The van der Waals surface area contributed by atoms with Gasteiger partial charge in [-0.3, -0.25) is 5.10 Å². The fourth-order valence-corrected chi connectivity index (χ4v) is 3.77. The molecule has 1 fully saturated rings. The number of aryl methyl sites for hydroxylation is 1. The average molecular weight is 373 g/mol. The summed E-state index contributed by atoms with van der Waals surface area (Å²) in [7, 11) is 0. The predicted molar refractivity (Wildman–Crippen MR) is 99.1 cm³/mol. The Labute approximate surface area is 154 Å². The second kappa shape index (κ2) is 7.36. The van der Waals surface area contributed by atoms with Crippen LogP contribution in [0.15, 0.2) is 24.3 Å². The van der Waals surface area contributed by atoms with Crippen molar-refractivity contribution >= 4 is 22.6 Å². The predicted octanol–water partition coefficient (Wildman–Crippen LogP) is 2.78. The first kappa shape index (κ1) is 16.9. The van der Waals surface area contributed by atoms with E-state index in [1.165, 1.54) is 23.7 Å². The van der Waals surface area contributed by atoms with Crippen LogP contribution in [0.4, 0.5) is 15.5 Å². The molecule has 0 unspecified atom stereocenters. The molecule has 0 amide bonds. The number of anilines is 2. The van der Waals surface area contributed by atoms with Gasteiger partial charge in [0.2, 0.25) is 11.1 Å². The van der Waals surface area contributed by atoms with Crippen molar-refractivity contribution in [2.24, 2.45) is 0 Å². The van der Waals surface area contributed by atoms with Crippen molar-refractivity contribution in [1.82, 2.24) is 24.5 Å². The van der Waals surface area contributed by atoms with Crippen molar-refractivity contribution in [2.75, 3.05) is 23.3 Å². The van der Waals surface area contributed by atoms with E-state index in [1.54, 1.807) is 12.1 Å². The first-order valence-electron chi connectivity index (χ1n) is 8.63. The maximum atomic E-state index is 13.0. The molecule has 1 aliphatic heterocycles. The lowest BCUT2D eigenvalue weighted by molar-refractivity contribution is 0.523. The maximum Gasteiger partial charge on any atom is 0.242 e. The Morgan fingerprint density at radius 3 is 2.69 bits per heavy atom. The summed E-state index contributed by atoms with van der Waals surface area (Å²) in [6.45, 7) is 3.80. The molecule has 26 heavy (non-hydrogen) atoms. The van der Waals surface area contributed by atoms with E-state index in [-0.39, 0.29) is 5.82 Å². The van der Waals surface area contributed by atoms with Gasteiger partial charge in [-0.1, -0.05) is 12.1 Å². The normalized spacial score (nSPS) is 15.4. The number of rotatable bonds is 5. The van der Waals surface area contributed by atoms with E-state index in [2.05, 4.69) is 34.8 Å². The van der Waals surface area contributed by atoms with Crippen LogP contribution in [0.3, 0.4) is 0 Å². The number of benzene rings is 1. The average Bonchev–Trinajstić information content (AvgIpc) is 3.27. The minimum absolute atomic E-state index is 0.233. The molecule has 7 nitrogen and oxygen atoms in total. The number of H-pyrrole nitrogens is 1. The Morgan fingerprint density at radius 1 is 1.23 bits per heavy atom. The third-order valence-corrected chi connectivity index (χ3v) is 5.30. The highest BCUT2D eigenvalue weighted by atomic mass is 32.1. The van der Waals surface area contributed by atoms with Crippen LogP contribution >= 0.6 is 11.5 Å². The van der Waals surface area contributed by atoms with Gasteiger partial charge in [0, 0.05) is 37.1 Å². The fourth-order valence-electron chi connectivity index (χ4n) is 3.05. The van der Waals surface area contributed by atoms with Gasteiger partial charge in [0.15, 0.2) is 0 Å². The summed E-state index contributed by atoms with van der Waals surface area (Å²) in [6.07, 6.45) is 2.60. The summed E-state index contributed by atoms with van der Waals surface area (Å²) in [5.41, 5.74) is 0.995. The van der Waals surface area contributed by atoms with Crippen molar-refractivity contribution in [3.8, 4) is 0 Å². The molecule has 0 spiro atoms. The lowest BCUT2D eigenvalue weighted by Gasteiger charge is -2.31. The van der Waals surface area contributed by atoms with Crippen molar-refractivity contribution < 1.29 is 4.39 Å². The fraction of sp³-hybridized carbons (Fsp3) is 0.412. The maximum absolute atomic E-state index is 13.0. The summed E-state index contributed by atoms with van der Waals surface area (Å²) < 4.78 is 17.2. The number of halogens is 1. The van der Waals surface area contributed by atoms with Crippen LogP contribution in [0.2, 0.25) is 0 Å². The van der Waals surface area contributed by atoms with Crippen molar-refractivity contribution in [3.05, 3.63) is 47.3 Å². The highest BCUT2D eigenvalue weighted by molar-refractivity contribution is 7.09. The van der Waals surface area contributed by atoms with Crippen LogP contribution < -0.4 is 10.2 Å². The number of aromatic nitrogens is 5. The zero-order valence-electron chi connectivity index (χ0n) is 14.4. The van der Waals surface area contributed by atoms with Crippen LogP contribution in [0.25, 0.3) is 0 Å². The van der Waals surface area contributed by atoms with E-state index in [9.17, 15) is 4.39 Å². The SMILES string of the molecule is Cc1nsc(N2CCC(Nc3n[nH]c(Cc4ccc(F)cc4)n3)CC2)n1. The van der Waals surface area contributed by atoms with Crippen molar-refractivity contribution in [2.45, 2.75) is 32.2 Å². The third kappa shape index (κ3) is 3.98. The van der Waals surface area contributed by atoms with E-state index in [4.69, 9.17) is 0 Å². The molecular weight excluding hydrogens is 353 g/mol. The number of piperidine rings is 1. The monoisotopic (exact) mass is 373 g/mol. The summed E-state index contributed by atoms with van der Waals surface area (Å²) in [6, 6.07) is 6.77. The van der Waals surface area contributed by atoms with Crippen LogP contribution in [0.5, 0.6) is 0 Å². The molecule has 3 aromatic rings. The van der Waals surface area contributed by atoms with E-state index in [1.807, 2.05) is 6.92 Å². The third-order valence-electron chi connectivity index (χ3n) is 4.43. The van der Waals surface area contributed by atoms with Crippen LogP contribution in [-0.2, 0) is 6.42 Å². The molecule has 2 aromatic heterocycles. The smallest absolute Gasteiger partial charge is 0.242 e. The minimum atomic E-state index is -0.233. The van der Waals surface area contributed by atoms with Crippen LogP contribution in [-0.4, -0.2) is 43.7 Å². The highest BCUT2D eigenvalue weighted by Gasteiger charge is 2.22. The number of nitrogens with one attached hydrogen (secondary N) is 2. The van der Waals surface area contributed by atoms with E-state index >= 15 is 0 Å². The minimum Gasteiger partial charge on any atom is -0.350 e. The second-order valence-corrected chi connectivity index (χ2v) is 7.17. The molecule has 3 heterocycles. The van der Waals surface area contributed by atoms with Gasteiger partial charge >= 0.3 is 0 Å². The summed E-state index contributed by atoms with van der Waals surface area (Å²) in [5, 5.41) is 11.6. The van der Waals surface area contributed by atoms with E-state index < -0.39 is 0 Å². The zero-order valence-corrected chi connectivity index (χ0v) is 15.3. The van der Waals surface area contributed by atoms with Gasteiger partial charge in [-0.2, -0.15) is 9.36 Å². The number of hydrogen-bond acceptors (Lipinski definition) is 7. The summed E-state index contributed by atoms with van der Waals surface area (Å²) >= 11 is 1.46. The molecule has 0 bridgehead atoms. The van der Waals surface area contributed by atoms with Crippen molar-refractivity contribution in [3.63, 3.8) is 0 Å². The van der Waals surface area contributed by atoms with Crippen LogP contribution in [0, 0.1) is 12.7 Å². The first-order chi connectivity index (χ1) is 12.7. The molecular formula is C17H20FN7S. The van der Waals surface area contributed by atoms with E-state index in [0.29, 0.717) is 18.4 Å². The number of aromatic amines is 1. The Balaban J connectivity index is 1.30. The molecule has 1 aromatic carbocycles. The standard InChI is InChI=1S/C17H20FN7S/c1-11-19-17(26-24-11)25-8-6-14(7-9-25)20-16-21-15(22-23-16)10-12-2-4-13(18)5-3-12/h2-5,14H,6-10H2,1H3,(H2,20,21,22,23). The molecule has 0 saturated carbocycles. The molecule has 2 N–H and O–H groups in total. The highest BCUT2D eigenvalue weighted by Crippen LogP contribution is 2.23.